The molecule has 0 radical (unpaired) electrons. The van der Waals surface area contributed by atoms with Gasteiger partial charge in [-0.1, -0.05) is 30.3 Å². The molecule has 4 rings (SSSR count). The zero-order valence-corrected chi connectivity index (χ0v) is 26.5. The number of thiazole rings is 1. The summed E-state index contributed by atoms with van der Waals surface area (Å²) >= 11 is 1.05. The monoisotopic (exact) mass is 680 g/mol. The highest BCUT2D eigenvalue weighted by Crippen LogP contribution is 2.33. The Morgan fingerprint density at radius 1 is 1.12 bits per heavy atom. The molecule has 3 aromatic rings. The summed E-state index contributed by atoms with van der Waals surface area (Å²) in [6.45, 7) is 4.40. The van der Waals surface area contributed by atoms with Gasteiger partial charge in [0.15, 0.2) is 0 Å². The Bertz CT molecular complexity index is 1330. The predicted octanol–water partition coefficient (Wildman–Crippen LogP) is 5.51. The third-order valence-electron chi connectivity index (χ3n) is 6.40. The van der Waals surface area contributed by atoms with Crippen molar-refractivity contribution >= 4 is 64.3 Å². The van der Waals surface area contributed by atoms with Gasteiger partial charge in [0.25, 0.3) is 10.0 Å². The molecule has 1 aliphatic heterocycles. The highest BCUT2D eigenvalue weighted by molar-refractivity contribution is 7.94. The molecule has 8 nitrogen and oxygen atoms in total. The lowest BCUT2D eigenvalue weighted by Crippen LogP contribution is -2.45. The summed E-state index contributed by atoms with van der Waals surface area (Å²) in [6, 6.07) is 13.7. The third-order valence-corrected chi connectivity index (χ3v) is 9.61. The average molecular weight is 682 g/mol. The molecule has 1 saturated heterocycles. The van der Waals surface area contributed by atoms with Crippen LogP contribution in [0.15, 0.2) is 52.9 Å². The molecule has 1 aliphatic rings. The van der Waals surface area contributed by atoms with Crippen LogP contribution in [0, 0.1) is 13.8 Å². The maximum absolute atomic E-state index is 13.2. The number of benzene rings is 2. The van der Waals surface area contributed by atoms with Gasteiger partial charge in [-0.25, -0.2) is 4.98 Å². The van der Waals surface area contributed by atoms with Crippen LogP contribution in [0.2, 0.25) is 0 Å². The maximum atomic E-state index is 13.2. The highest BCUT2D eigenvalue weighted by atomic mass is 35.5. The minimum absolute atomic E-state index is 0. The zero-order valence-electron chi connectivity index (χ0n) is 22.4. The van der Waals surface area contributed by atoms with E-state index in [0.29, 0.717) is 5.69 Å². The van der Waals surface area contributed by atoms with E-state index in [9.17, 15) is 21.6 Å². The van der Waals surface area contributed by atoms with Crippen molar-refractivity contribution in [3.8, 4) is 5.75 Å². The van der Waals surface area contributed by atoms with E-state index in [4.69, 9.17) is 0 Å². The van der Waals surface area contributed by atoms with Crippen LogP contribution in [0.5, 0.6) is 5.75 Å². The lowest BCUT2D eigenvalue weighted by atomic mass is 9.92. The lowest BCUT2D eigenvalue weighted by Gasteiger charge is -2.34. The van der Waals surface area contributed by atoms with Crippen LogP contribution >= 0.6 is 48.6 Å². The number of aromatic nitrogens is 1. The first kappa shape index (κ1) is 39.2. The van der Waals surface area contributed by atoms with Crippen LogP contribution in [0.1, 0.15) is 40.6 Å². The van der Waals surface area contributed by atoms with Crippen molar-refractivity contribution in [2.45, 2.75) is 56.0 Å². The van der Waals surface area contributed by atoms with E-state index in [1.807, 2.05) is 30.3 Å². The molecule has 16 heteroatoms. The second-order valence-electron chi connectivity index (χ2n) is 8.91. The van der Waals surface area contributed by atoms with Crippen LogP contribution in [0.3, 0.4) is 0 Å². The van der Waals surface area contributed by atoms with Gasteiger partial charge in [-0.2, -0.15) is 8.42 Å². The van der Waals surface area contributed by atoms with E-state index in [1.54, 1.807) is 13.8 Å². The molecule has 1 aromatic heterocycles. The molecule has 41 heavy (non-hydrogen) atoms. The van der Waals surface area contributed by atoms with Gasteiger partial charge < -0.3 is 20.8 Å². The molecule has 0 saturated carbocycles. The van der Waals surface area contributed by atoms with E-state index < -0.39 is 16.4 Å². The number of hydrogen-bond donors (Lipinski definition) is 2. The standard InChI is InChI=1S/C25H29F3N4O3S2.3ClH.H2O/c1-16-17(2)36-24(31-16)37(33,34)32(3)20-11-12-22(35-25(26,27)28)19(14-20)15-30-21-10-7-13-29-23(21)18-8-5-4-6-9-18;;;;/h4-6,8-9,11-12,14,21,23,29-30H,7,10,13,15H2,1-3H3;3*1H;1H2. The van der Waals surface area contributed by atoms with Gasteiger partial charge in [0.1, 0.15) is 5.75 Å². The van der Waals surface area contributed by atoms with Gasteiger partial charge in [-0.15, -0.1) is 61.7 Å². The van der Waals surface area contributed by atoms with Crippen LogP contribution in [-0.4, -0.2) is 44.9 Å². The Balaban J connectivity index is 0.00000400. The number of alkyl halides is 3. The molecular weight excluding hydrogens is 648 g/mol. The number of anilines is 1. The molecule has 0 bridgehead atoms. The van der Waals surface area contributed by atoms with Gasteiger partial charge in [-0.05, 0) is 57.0 Å². The number of hydrogen-bond acceptors (Lipinski definition) is 7. The largest absolute Gasteiger partial charge is 0.573 e. The van der Waals surface area contributed by atoms with E-state index in [1.165, 1.54) is 19.2 Å². The van der Waals surface area contributed by atoms with Crippen LogP contribution < -0.4 is 19.7 Å². The van der Waals surface area contributed by atoms with Crippen molar-refractivity contribution in [2.75, 3.05) is 17.9 Å². The number of nitrogens with zero attached hydrogens (tertiary/aromatic N) is 2. The van der Waals surface area contributed by atoms with E-state index in [0.717, 1.165) is 51.5 Å². The minimum Gasteiger partial charge on any atom is -0.412 e. The summed E-state index contributed by atoms with van der Waals surface area (Å²) in [4.78, 5) is 4.93. The first-order valence-electron chi connectivity index (χ1n) is 11.8. The van der Waals surface area contributed by atoms with Gasteiger partial charge in [0, 0.05) is 36.1 Å². The Morgan fingerprint density at radius 2 is 1.78 bits per heavy atom. The molecule has 0 aliphatic carbocycles. The fourth-order valence-electron chi connectivity index (χ4n) is 4.29. The molecule has 232 valence electrons. The van der Waals surface area contributed by atoms with Crippen molar-refractivity contribution in [1.29, 1.82) is 0 Å². The second kappa shape index (κ2) is 16.1. The van der Waals surface area contributed by atoms with Gasteiger partial charge in [0.2, 0.25) is 4.34 Å². The zero-order chi connectivity index (χ0) is 26.8. The van der Waals surface area contributed by atoms with Crippen LogP contribution in [-0.2, 0) is 16.6 Å². The van der Waals surface area contributed by atoms with Gasteiger partial charge in [-0.3, -0.25) is 4.31 Å². The summed E-state index contributed by atoms with van der Waals surface area (Å²) in [5.41, 5.74) is 2.10. The Hall–Kier alpha value is -1.84. The number of nitrogens with one attached hydrogen (secondary N) is 2. The Labute approximate surface area is 260 Å². The molecule has 2 unspecified atom stereocenters. The van der Waals surface area contributed by atoms with Crippen LogP contribution in [0.4, 0.5) is 18.9 Å². The molecule has 2 aromatic carbocycles. The molecule has 0 spiro atoms. The third kappa shape index (κ3) is 9.58. The van der Waals surface area contributed by atoms with Crippen molar-refractivity contribution in [3.05, 3.63) is 70.2 Å². The van der Waals surface area contributed by atoms with E-state index >= 15 is 0 Å². The molecule has 1 fully saturated rings. The van der Waals surface area contributed by atoms with Crippen molar-refractivity contribution in [3.63, 3.8) is 0 Å². The predicted molar refractivity (Wildman–Crippen MR) is 163 cm³/mol. The number of ether oxygens (including phenoxy) is 1. The quantitative estimate of drug-likeness (QED) is 0.324. The van der Waals surface area contributed by atoms with Crippen molar-refractivity contribution in [1.82, 2.24) is 15.6 Å². The smallest absolute Gasteiger partial charge is 0.412 e. The number of halogens is 6. The molecule has 2 heterocycles. The normalized spacial score (nSPS) is 16.7. The number of aryl methyl sites for hydroxylation is 2. The topological polar surface area (TPSA) is 115 Å². The average Bonchev–Trinajstić information content (AvgIpc) is 3.21. The molecular formula is C25H34Cl3F3N4O4S2. The summed E-state index contributed by atoms with van der Waals surface area (Å²) in [7, 11) is -2.64. The Morgan fingerprint density at radius 3 is 2.37 bits per heavy atom. The molecule has 4 N–H and O–H groups in total. The lowest BCUT2D eigenvalue weighted by molar-refractivity contribution is -0.274. The van der Waals surface area contributed by atoms with Gasteiger partial charge >= 0.3 is 6.36 Å². The number of sulfonamides is 1. The second-order valence-corrected chi connectivity index (χ2v) is 12.3. The first-order chi connectivity index (χ1) is 17.5. The van der Waals surface area contributed by atoms with Crippen molar-refractivity contribution < 1.29 is 31.8 Å². The van der Waals surface area contributed by atoms with E-state index in [2.05, 4.69) is 20.4 Å². The summed E-state index contributed by atoms with van der Waals surface area (Å²) in [5, 5.41) is 6.85. The van der Waals surface area contributed by atoms with Crippen LogP contribution in [0.25, 0.3) is 0 Å². The maximum Gasteiger partial charge on any atom is 0.573 e. The first-order valence-corrected chi connectivity index (χ1v) is 14.0. The minimum atomic E-state index is -4.89. The Kier molecular flexibility index (Phi) is 15.4. The summed E-state index contributed by atoms with van der Waals surface area (Å²) < 4.78 is 71.0. The molecule has 2 atom stereocenters. The summed E-state index contributed by atoms with van der Waals surface area (Å²) in [6.07, 6.45) is -3.14. The van der Waals surface area contributed by atoms with Crippen molar-refractivity contribution in [2.24, 2.45) is 0 Å². The fraction of sp³-hybridized carbons (Fsp3) is 0.400. The summed E-state index contributed by atoms with van der Waals surface area (Å²) in [5.74, 6) is -0.379. The highest BCUT2D eigenvalue weighted by Gasteiger charge is 2.33. The number of piperidine rings is 1. The number of rotatable bonds is 8. The van der Waals surface area contributed by atoms with E-state index in [-0.39, 0.29) is 82.7 Å². The fourth-order valence-corrected chi connectivity index (χ4v) is 6.94. The van der Waals surface area contributed by atoms with Gasteiger partial charge in [0.05, 0.1) is 11.4 Å². The SMILES string of the molecule is Cc1nc(S(=O)(=O)N(C)c2ccc(OC(F)(F)F)c(CNC3CCCNC3c3ccccc3)c2)sc1C.Cl.Cl.Cl.O. The molecule has 0 amide bonds.